The number of hydrogen-bond acceptors (Lipinski definition) is 4. The number of guanidine groups is 1. The third-order valence-electron chi connectivity index (χ3n) is 3.88. The van der Waals surface area contributed by atoms with Crippen molar-refractivity contribution in [2.45, 2.75) is 56.1 Å². The Morgan fingerprint density at radius 2 is 2.00 bits per heavy atom. The number of hydrogen-bond donors (Lipinski definition) is 2. The number of thioether (sulfide) groups is 1. The molecular weight excluding hydrogens is 306 g/mol. The number of sulfone groups is 1. The van der Waals surface area contributed by atoms with Crippen LogP contribution in [0.2, 0.25) is 0 Å². The molecule has 0 heterocycles. The van der Waals surface area contributed by atoms with Crippen LogP contribution in [0.3, 0.4) is 0 Å². The molecule has 0 aromatic heterocycles. The van der Waals surface area contributed by atoms with Crippen molar-refractivity contribution in [3.63, 3.8) is 0 Å². The highest BCUT2D eigenvalue weighted by Gasteiger charge is 2.28. The van der Waals surface area contributed by atoms with Crippen LogP contribution >= 0.6 is 11.8 Å². The Balaban J connectivity index is 2.40. The maximum atomic E-state index is 12.0. The predicted molar refractivity (Wildman–Crippen MR) is 93.0 cm³/mol. The van der Waals surface area contributed by atoms with E-state index in [1.165, 1.54) is 6.42 Å². The topological polar surface area (TPSA) is 70.6 Å². The second kappa shape index (κ2) is 7.72. The molecule has 0 aliphatic heterocycles. The molecule has 2 unspecified atom stereocenters. The van der Waals surface area contributed by atoms with Gasteiger partial charge in [-0.25, -0.2) is 8.42 Å². The van der Waals surface area contributed by atoms with Crippen molar-refractivity contribution < 1.29 is 8.42 Å². The Kier molecular flexibility index (Phi) is 6.84. The summed E-state index contributed by atoms with van der Waals surface area (Å²) in [4.78, 5) is 4.18. The molecule has 0 saturated heterocycles. The molecule has 1 fully saturated rings. The Hall–Kier alpha value is -0.430. The van der Waals surface area contributed by atoms with Gasteiger partial charge in [-0.05, 0) is 46.3 Å². The maximum Gasteiger partial charge on any atom is 0.191 e. The van der Waals surface area contributed by atoms with Gasteiger partial charge in [-0.2, -0.15) is 11.8 Å². The molecule has 7 heteroatoms. The zero-order valence-corrected chi connectivity index (χ0v) is 15.4. The van der Waals surface area contributed by atoms with E-state index in [1.807, 2.05) is 11.8 Å². The third kappa shape index (κ3) is 5.70. The number of nitrogens with one attached hydrogen (secondary N) is 2. The van der Waals surface area contributed by atoms with Crippen molar-refractivity contribution in [3.8, 4) is 0 Å². The zero-order chi connectivity index (χ0) is 16.1. The third-order valence-corrected chi connectivity index (χ3v) is 7.58. The molecule has 2 atom stereocenters. The molecule has 1 aliphatic rings. The van der Waals surface area contributed by atoms with Crippen LogP contribution in [0.1, 0.15) is 40.0 Å². The standard InChI is InChI=1S/C14H29N3O2S2/c1-14(2,3)21(18,19)9-8-16-13(15-4)17-11-6-7-12(10-11)20-5/h11-12H,6-10H2,1-5H3,(H2,15,16,17). The minimum atomic E-state index is -3.09. The molecule has 0 aromatic rings. The van der Waals surface area contributed by atoms with Crippen LogP contribution in [0.5, 0.6) is 0 Å². The van der Waals surface area contributed by atoms with Gasteiger partial charge in [-0.15, -0.1) is 0 Å². The van der Waals surface area contributed by atoms with E-state index in [1.54, 1.807) is 27.8 Å². The van der Waals surface area contributed by atoms with Crippen molar-refractivity contribution in [2.75, 3.05) is 25.6 Å². The summed E-state index contributed by atoms with van der Waals surface area (Å²) in [5, 5.41) is 7.22. The van der Waals surface area contributed by atoms with Gasteiger partial charge in [0.15, 0.2) is 15.8 Å². The van der Waals surface area contributed by atoms with E-state index in [2.05, 4.69) is 21.9 Å². The molecule has 0 aromatic carbocycles. The minimum absolute atomic E-state index is 0.120. The van der Waals surface area contributed by atoms with E-state index >= 15 is 0 Å². The largest absolute Gasteiger partial charge is 0.355 e. The summed E-state index contributed by atoms with van der Waals surface area (Å²) in [6, 6.07) is 0.438. The first kappa shape index (κ1) is 18.6. The zero-order valence-electron chi connectivity index (χ0n) is 13.8. The van der Waals surface area contributed by atoms with Crippen LogP contribution in [0.25, 0.3) is 0 Å². The normalized spacial score (nSPS) is 24.1. The number of nitrogens with zero attached hydrogens (tertiary/aromatic N) is 1. The van der Waals surface area contributed by atoms with Gasteiger partial charge < -0.3 is 10.6 Å². The summed E-state index contributed by atoms with van der Waals surface area (Å²) in [5.41, 5.74) is 0. The molecule has 1 rings (SSSR count). The van der Waals surface area contributed by atoms with Crippen LogP contribution in [-0.2, 0) is 9.84 Å². The lowest BCUT2D eigenvalue weighted by molar-refractivity contribution is 0.558. The van der Waals surface area contributed by atoms with Gasteiger partial charge in [0, 0.05) is 24.9 Å². The molecule has 0 radical (unpaired) electrons. The lowest BCUT2D eigenvalue weighted by Gasteiger charge is -2.21. The van der Waals surface area contributed by atoms with Gasteiger partial charge in [0.1, 0.15) is 0 Å². The van der Waals surface area contributed by atoms with Crippen LogP contribution in [0.15, 0.2) is 4.99 Å². The highest BCUT2D eigenvalue weighted by molar-refractivity contribution is 7.99. The van der Waals surface area contributed by atoms with Gasteiger partial charge in [0.05, 0.1) is 10.5 Å². The molecule has 5 nitrogen and oxygen atoms in total. The van der Waals surface area contributed by atoms with Gasteiger partial charge in [0.2, 0.25) is 0 Å². The Morgan fingerprint density at radius 3 is 2.48 bits per heavy atom. The molecule has 0 bridgehead atoms. The molecule has 124 valence electrons. The minimum Gasteiger partial charge on any atom is -0.355 e. The van der Waals surface area contributed by atoms with Crippen molar-refractivity contribution >= 4 is 27.6 Å². The molecule has 1 saturated carbocycles. The Labute approximate surface area is 133 Å². The summed E-state index contributed by atoms with van der Waals surface area (Å²) in [6.45, 7) is 5.58. The first-order valence-electron chi connectivity index (χ1n) is 7.42. The molecule has 1 aliphatic carbocycles. The fraction of sp³-hybridized carbons (Fsp3) is 0.929. The van der Waals surface area contributed by atoms with Crippen molar-refractivity contribution in [3.05, 3.63) is 0 Å². The van der Waals surface area contributed by atoms with Gasteiger partial charge in [-0.1, -0.05) is 0 Å². The number of rotatable bonds is 5. The second-order valence-corrected chi connectivity index (χ2v) is 10.4. The first-order valence-corrected chi connectivity index (χ1v) is 10.4. The lowest BCUT2D eigenvalue weighted by atomic mass is 10.2. The van der Waals surface area contributed by atoms with E-state index in [-0.39, 0.29) is 5.75 Å². The number of aliphatic imine (C=N–C) groups is 1. The highest BCUT2D eigenvalue weighted by Crippen LogP contribution is 2.27. The van der Waals surface area contributed by atoms with E-state index in [0.29, 0.717) is 18.5 Å². The van der Waals surface area contributed by atoms with Crippen LogP contribution < -0.4 is 10.6 Å². The average molecular weight is 336 g/mol. The SMILES string of the molecule is CN=C(NCCS(=O)(=O)C(C)(C)C)NC1CCC(SC)C1. The highest BCUT2D eigenvalue weighted by atomic mass is 32.2. The summed E-state index contributed by atoms with van der Waals surface area (Å²) in [5.74, 6) is 0.820. The summed E-state index contributed by atoms with van der Waals surface area (Å²) in [6.07, 6.45) is 5.67. The van der Waals surface area contributed by atoms with E-state index in [4.69, 9.17) is 0 Å². The van der Waals surface area contributed by atoms with Gasteiger partial charge in [-0.3, -0.25) is 4.99 Å². The fourth-order valence-electron chi connectivity index (χ4n) is 2.28. The second-order valence-electron chi connectivity index (χ2n) is 6.44. The quantitative estimate of drug-likeness (QED) is 0.590. The predicted octanol–water partition coefficient (Wildman–Crippen LogP) is 1.65. The first-order chi connectivity index (χ1) is 9.69. The van der Waals surface area contributed by atoms with E-state index < -0.39 is 14.6 Å². The van der Waals surface area contributed by atoms with Gasteiger partial charge in [0.25, 0.3) is 0 Å². The van der Waals surface area contributed by atoms with Gasteiger partial charge >= 0.3 is 0 Å². The van der Waals surface area contributed by atoms with E-state index in [9.17, 15) is 8.42 Å². The summed E-state index contributed by atoms with van der Waals surface area (Å²) < 4.78 is 23.4. The van der Waals surface area contributed by atoms with Crippen LogP contribution in [-0.4, -0.2) is 56.0 Å². The molecule has 21 heavy (non-hydrogen) atoms. The van der Waals surface area contributed by atoms with Crippen LogP contribution in [0, 0.1) is 0 Å². The molecule has 0 spiro atoms. The monoisotopic (exact) mass is 335 g/mol. The fourth-order valence-corrected chi connectivity index (χ4v) is 4.06. The van der Waals surface area contributed by atoms with Crippen molar-refractivity contribution in [1.29, 1.82) is 0 Å². The maximum absolute atomic E-state index is 12.0. The molecular formula is C14H29N3O2S2. The van der Waals surface area contributed by atoms with Crippen molar-refractivity contribution in [2.24, 2.45) is 4.99 Å². The summed E-state index contributed by atoms with van der Waals surface area (Å²) in [7, 11) is -1.37. The average Bonchev–Trinajstić information content (AvgIpc) is 2.83. The molecule has 0 amide bonds. The smallest absolute Gasteiger partial charge is 0.191 e. The van der Waals surface area contributed by atoms with E-state index in [0.717, 1.165) is 18.1 Å². The molecule has 2 N–H and O–H groups in total. The lowest BCUT2D eigenvalue weighted by Crippen LogP contribution is -2.45. The summed E-state index contributed by atoms with van der Waals surface area (Å²) >= 11 is 1.92. The Morgan fingerprint density at radius 1 is 1.33 bits per heavy atom. The van der Waals surface area contributed by atoms with Crippen LogP contribution in [0.4, 0.5) is 0 Å². The Bertz CT molecular complexity index is 455. The van der Waals surface area contributed by atoms with Crippen molar-refractivity contribution in [1.82, 2.24) is 10.6 Å².